The predicted octanol–water partition coefficient (Wildman–Crippen LogP) is 4.37. The van der Waals surface area contributed by atoms with Gasteiger partial charge in [-0.2, -0.15) is 0 Å². The van der Waals surface area contributed by atoms with E-state index in [0.29, 0.717) is 23.6 Å². The summed E-state index contributed by atoms with van der Waals surface area (Å²) in [6.07, 6.45) is 1.69. The lowest BCUT2D eigenvalue weighted by molar-refractivity contribution is -0.156. The zero-order chi connectivity index (χ0) is 19.9. The first-order valence-electron chi connectivity index (χ1n) is 9.46. The highest BCUT2D eigenvalue weighted by Crippen LogP contribution is 2.24. The van der Waals surface area contributed by atoms with E-state index in [9.17, 15) is 9.59 Å². The van der Waals surface area contributed by atoms with Crippen LogP contribution in [-0.2, 0) is 14.3 Å². The molecule has 3 rings (SSSR count). The highest BCUT2D eigenvalue weighted by Gasteiger charge is 2.30. The summed E-state index contributed by atoms with van der Waals surface area (Å²) < 4.78 is 11.2. The van der Waals surface area contributed by atoms with Crippen LogP contribution in [0, 0.1) is 6.92 Å². The first-order valence-corrected chi connectivity index (χ1v) is 9.84. The number of esters is 1. The van der Waals surface area contributed by atoms with Gasteiger partial charge in [-0.05, 0) is 49.9 Å². The molecule has 5 nitrogen and oxygen atoms in total. The minimum Gasteiger partial charge on any atom is -0.493 e. The van der Waals surface area contributed by atoms with Crippen LogP contribution >= 0.6 is 11.6 Å². The normalized spacial score (nSPS) is 14.2. The highest BCUT2D eigenvalue weighted by molar-refractivity contribution is 6.30. The van der Waals surface area contributed by atoms with Gasteiger partial charge in [0.15, 0.2) is 0 Å². The van der Waals surface area contributed by atoms with Gasteiger partial charge in [0.2, 0.25) is 6.10 Å². The summed E-state index contributed by atoms with van der Waals surface area (Å²) in [7, 11) is 0. The third-order valence-corrected chi connectivity index (χ3v) is 4.67. The van der Waals surface area contributed by atoms with Crippen molar-refractivity contribution in [2.24, 2.45) is 0 Å². The van der Waals surface area contributed by atoms with E-state index in [1.54, 1.807) is 18.2 Å². The number of carbonyl (C=O) groups excluding carboxylic acids is 2. The van der Waals surface area contributed by atoms with Gasteiger partial charge in [0.1, 0.15) is 5.75 Å². The Hall–Kier alpha value is -2.53. The van der Waals surface area contributed by atoms with Gasteiger partial charge in [0, 0.05) is 23.0 Å². The minimum atomic E-state index is -0.922. The van der Waals surface area contributed by atoms with Crippen LogP contribution in [0.25, 0.3) is 0 Å². The molecule has 2 aromatic carbocycles. The van der Waals surface area contributed by atoms with Crippen molar-refractivity contribution in [3.8, 4) is 5.75 Å². The number of benzene rings is 2. The van der Waals surface area contributed by atoms with Gasteiger partial charge >= 0.3 is 5.97 Å². The van der Waals surface area contributed by atoms with E-state index in [0.717, 1.165) is 24.2 Å². The van der Waals surface area contributed by atoms with Gasteiger partial charge in [-0.15, -0.1) is 0 Å². The van der Waals surface area contributed by atoms with Gasteiger partial charge < -0.3 is 14.8 Å². The number of halogens is 1. The average molecular weight is 402 g/mol. The summed E-state index contributed by atoms with van der Waals surface area (Å²) in [4.78, 5) is 24.8. The standard InChI is InChI=1S/C22H24ClNO4/c1-15-14-17(23)9-12-19(15)27-13-5-8-20(25)28-21(16-6-3-2-4-7-16)22(26)24-18-10-11-18/h2-4,6-7,9,12,14,18,21H,5,8,10-11,13H2,1H3,(H,24,26)/t21-/m1/s1. The Balaban J connectivity index is 1.49. The Bertz CT molecular complexity index is 821. The van der Waals surface area contributed by atoms with Crippen molar-refractivity contribution in [2.45, 2.75) is 44.8 Å². The number of hydrogen-bond donors (Lipinski definition) is 1. The highest BCUT2D eigenvalue weighted by atomic mass is 35.5. The summed E-state index contributed by atoms with van der Waals surface area (Å²) >= 11 is 5.93. The Labute approximate surface area is 170 Å². The second kappa shape index (κ2) is 9.60. The maximum absolute atomic E-state index is 12.5. The fraction of sp³-hybridized carbons (Fsp3) is 0.364. The molecule has 1 fully saturated rings. The van der Waals surface area contributed by atoms with Gasteiger partial charge in [0.05, 0.1) is 6.61 Å². The third-order valence-electron chi connectivity index (χ3n) is 4.43. The fourth-order valence-corrected chi connectivity index (χ4v) is 3.00. The summed E-state index contributed by atoms with van der Waals surface area (Å²) in [6, 6.07) is 14.7. The molecule has 2 aromatic rings. The first-order chi connectivity index (χ1) is 13.5. The molecule has 0 aromatic heterocycles. The molecule has 1 aliphatic rings. The molecule has 0 saturated heterocycles. The lowest BCUT2D eigenvalue weighted by atomic mass is 10.1. The van der Waals surface area contributed by atoms with E-state index in [-0.39, 0.29) is 18.4 Å². The fourth-order valence-electron chi connectivity index (χ4n) is 2.77. The molecule has 148 valence electrons. The Morgan fingerprint density at radius 1 is 1.18 bits per heavy atom. The number of rotatable bonds is 9. The number of hydrogen-bond acceptors (Lipinski definition) is 4. The number of aryl methyl sites for hydroxylation is 1. The van der Waals surface area contributed by atoms with Crippen molar-refractivity contribution in [1.29, 1.82) is 0 Å². The van der Waals surface area contributed by atoms with Crippen molar-refractivity contribution in [3.63, 3.8) is 0 Å². The molecule has 0 bridgehead atoms. The molecule has 0 spiro atoms. The van der Waals surface area contributed by atoms with E-state index in [4.69, 9.17) is 21.1 Å². The largest absolute Gasteiger partial charge is 0.493 e. The van der Waals surface area contributed by atoms with E-state index in [1.165, 1.54) is 0 Å². The topological polar surface area (TPSA) is 64.6 Å². The maximum Gasteiger partial charge on any atom is 0.307 e. The third kappa shape index (κ3) is 5.99. The van der Waals surface area contributed by atoms with Gasteiger partial charge in [0.25, 0.3) is 5.91 Å². The lowest BCUT2D eigenvalue weighted by Gasteiger charge is -2.18. The van der Waals surface area contributed by atoms with Crippen LogP contribution in [-0.4, -0.2) is 24.5 Å². The molecule has 0 heterocycles. The SMILES string of the molecule is Cc1cc(Cl)ccc1OCCCC(=O)O[C@@H](C(=O)NC1CC1)c1ccccc1. The second-order valence-electron chi connectivity index (χ2n) is 6.93. The van der Waals surface area contributed by atoms with Crippen LogP contribution in [0.15, 0.2) is 48.5 Å². The Kier molecular flexibility index (Phi) is 6.93. The summed E-state index contributed by atoms with van der Waals surface area (Å²) in [5.74, 6) is 0.0510. The van der Waals surface area contributed by atoms with Crippen LogP contribution < -0.4 is 10.1 Å². The molecule has 1 saturated carbocycles. The smallest absolute Gasteiger partial charge is 0.307 e. The quantitative estimate of drug-likeness (QED) is 0.500. The number of carbonyl (C=O) groups is 2. The summed E-state index contributed by atoms with van der Waals surface area (Å²) in [5.41, 5.74) is 1.61. The average Bonchev–Trinajstić information content (AvgIpc) is 3.49. The minimum absolute atomic E-state index is 0.173. The number of amides is 1. The summed E-state index contributed by atoms with van der Waals surface area (Å²) in [6.45, 7) is 2.29. The van der Waals surface area contributed by atoms with Gasteiger partial charge in [-0.25, -0.2) is 0 Å². The monoisotopic (exact) mass is 401 g/mol. The van der Waals surface area contributed by atoms with Crippen LogP contribution in [0.4, 0.5) is 0 Å². The van der Waals surface area contributed by atoms with Gasteiger partial charge in [-0.3, -0.25) is 9.59 Å². The molecule has 6 heteroatoms. The van der Waals surface area contributed by atoms with E-state index < -0.39 is 12.1 Å². The molecule has 1 N–H and O–H groups in total. The van der Waals surface area contributed by atoms with Crippen LogP contribution in [0.5, 0.6) is 5.75 Å². The van der Waals surface area contributed by atoms with Crippen molar-refractivity contribution in [1.82, 2.24) is 5.32 Å². The van der Waals surface area contributed by atoms with Gasteiger partial charge in [-0.1, -0.05) is 41.9 Å². The zero-order valence-electron chi connectivity index (χ0n) is 15.8. The molecular weight excluding hydrogens is 378 g/mol. The Morgan fingerprint density at radius 3 is 2.61 bits per heavy atom. The summed E-state index contributed by atoms with van der Waals surface area (Å²) in [5, 5.41) is 3.56. The van der Waals surface area contributed by atoms with E-state index >= 15 is 0 Å². The molecule has 0 unspecified atom stereocenters. The predicted molar refractivity (Wildman–Crippen MR) is 107 cm³/mol. The van der Waals surface area contributed by atoms with E-state index in [2.05, 4.69) is 5.32 Å². The molecular formula is C22H24ClNO4. The lowest BCUT2D eigenvalue weighted by Crippen LogP contribution is -2.33. The molecule has 1 atom stereocenters. The van der Waals surface area contributed by atoms with Crippen molar-refractivity contribution in [2.75, 3.05) is 6.61 Å². The Morgan fingerprint density at radius 2 is 1.93 bits per heavy atom. The molecule has 28 heavy (non-hydrogen) atoms. The second-order valence-corrected chi connectivity index (χ2v) is 7.36. The van der Waals surface area contributed by atoms with Crippen molar-refractivity contribution < 1.29 is 19.1 Å². The number of ether oxygens (including phenoxy) is 2. The van der Waals surface area contributed by atoms with Crippen molar-refractivity contribution >= 4 is 23.5 Å². The molecule has 0 radical (unpaired) electrons. The van der Waals surface area contributed by atoms with Crippen LogP contribution in [0.3, 0.4) is 0 Å². The van der Waals surface area contributed by atoms with Crippen LogP contribution in [0.1, 0.15) is 42.9 Å². The first kappa shape index (κ1) is 20.2. The molecule has 0 aliphatic heterocycles. The van der Waals surface area contributed by atoms with E-state index in [1.807, 2.05) is 37.3 Å². The maximum atomic E-state index is 12.5. The zero-order valence-corrected chi connectivity index (χ0v) is 16.6. The van der Waals surface area contributed by atoms with Crippen molar-refractivity contribution in [3.05, 3.63) is 64.7 Å². The van der Waals surface area contributed by atoms with Crippen LogP contribution in [0.2, 0.25) is 5.02 Å². The molecule has 1 aliphatic carbocycles. The number of nitrogens with one attached hydrogen (secondary N) is 1. The molecule has 1 amide bonds.